The molecule has 1 fully saturated rings. The van der Waals surface area contributed by atoms with Crippen LogP contribution in [-0.2, 0) is 9.84 Å². The molecule has 0 unspecified atom stereocenters. The van der Waals surface area contributed by atoms with Crippen molar-refractivity contribution in [1.29, 1.82) is 0 Å². The van der Waals surface area contributed by atoms with Crippen LogP contribution in [0.2, 0.25) is 5.02 Å². The second kappa shape index (κ2) is 8.08. The maximum atomic E-state index is 13.5. The summed E-state index contributed by atoms with van der Waals surface area (Å²) in [5, 5.41) is 1.52. The Bertz CT molecular complexity index is 1220. The van der Waals surface area contributed by atoms with Gasteiger partial charge >= 0.3 is 0 Å². The minimum Gasteiger partial charge on any atom is -0.288 e. The molecule has 9 heteroatoms. The molecule has 1 aliphatic carbocycles. The highest BCUT2D eigenvalue weighted by Crippen LogP contribution is 2.31. The molecule has 0 saturated heterocycles. The molecule has 1 aliphatic rings. The van der Waals surface area contributed by atoms with E-state index in [2.05, 4.69) is 9.97 Å². The van der Waals surface area contributed by atoms with Gasteiger partial charge in [-0.05, 0) is 49.4 Å². The summed E-state index contributed by atoms with van der Waals surface area (Å²) in [6, 6.07) is 7.17. The van der Waals surface area contributed by atoms with E-state index in [4.69, 9.17) is 11.6 Å². The molecule has 0 radical (unpaired) electrons. The van der Waals surface area contributed by atoms with Crippen molar-refractivity contribution in [1.82, 2.24) is 14.5 Å². The normalized spacial score (nSPS) is 15.7. The summed E-state index contributed by atoms with van der Waals surface area (Å²) in [5.41, 5.74) is -0.0265. The first kappa shape index (κ1) is 20.4. The van der Waals surface area contributed by atoms with Crippen LogP contribution in [0.3, 0.4) is 0 Å². The maximum Gasteiger partial charge on any atom is 0.271 e. The lowest BCUT2D eigenvalue weighted by molar-refractivity contribution is 0.350. The number of aromatic nitrogens is 3. The highest BCUT2D eigenvalue weighted by Gasteiger charge is 2.28. The van der Waals surface area contributed by atoms with Crippen molar-refractivity contribution in [3.05, 3.63) is 51.9 Å². The van der Waals surface area contributed by atoms with E-state index in [1.807, 2.05) is 6.26 Å². The van der Waals surface area contributed by atoms with Crippen LogP contribution in [0.4, 0.5) is 0 Å². The van der Waals surface area contributed by atoms with Crippen molar-refractivity contribution in [2.45, 2.75) is 53.1 Å². The number of pyridine rings is 1. The second-order valence-electron chi connectivity index (χ2n) is 7.07. The highest BCUT2D eigenvalue weighted by atomic mass is 35.5. The monoisotopic (exact) mass is 449 g/mol. The van der Waals surface area contributed by atoms with Gasteiger partial charge in [0.2, 0.25) is 9.84 Å². The number of benzene rings is 1. The fraction of sp³-hybridized carbons (Fsp3) is 0.350. The smallest absolute Gasteiger partial charge is 0.271 e. The molecular weight excluding hydrogens is 430 g/mol. The third kappa shape index (κ3) is 3.81. The SMILES string of the molecule is CSc1ncc2cc(S(=O)(=O)c3ccc(Cl)cc3)c(=O)n(C3CCCCC3)c2n1. The van der Waals surface area contributed by atoms with Gasteiger partial charge in [-0.2, -0.15) is 0 Å². The van der Waals surface area contributed by atoms with Crippen LogP contribution in [0.25, 0.3) is 11.0 Å². The summed E-state index contributed by atoms with van der Waals surface area (Å²) < 4.78 is 28.1. The summed E-state index contributed by atoms with van der Waals surface area (Å²) in [4.78, 5) is 22.1. The van der Waals surface area contributed by atoms with Crippen molar-refractivity contribution in [2.75, 3.05) is 6.26 Å². The molecule has 0 aliphatic heterocycles. The first-order valence-corrected chi connectivity index (χ1v) is 12.5. The lowest BCUT2D eigenvalue weighted by atomic mass is 9.95. The molecule has 152 valence electrons. The van der Waals surface area contributed by atoms with Crippen LogP contribution in [0, 0.1) is 0 Å². The van der Waals surface area contributed by atoms with Crippen molar-refractivity contribution < 1.29 is 8.42 Å². The number of hydrogen-bond donors (Lipinski definition) is 0. The molecule has 0 spiro atoms. The van der Waals surface area contributed by atoms with Gasteiger partial charge in [0, 0.05) is 22.6 Å². The summed E-state index contributed by atoms with van der Waals surface area (Å²) in [6.07, 6.45) is 8.25. The van der Waals surface area contributed by atoms with Gasteiger partial charge in [0.05, 0.1) is 4.90 Å². The van der Waals surface area contributed by atoms with Crippen LogP contribution in [0.5, 0.6) is 0 Å². The standard InChI is InChI=1S/C20H20ClN3O3S2/c1-28-20-22-12-13-11-17(29(26,27)16-9-7-14(21)8-10-16)19(25)24(18(13)23-20)15-5-3-2-4-6-15/h7-12,15H,2-6H2,1H3. The van der Waals surface area contributed by atoms with Crippen LogP contribution in [0.1, 0.15) is 38.1 Å². The Balaban J connectivity index is 1.99. The Labute approximate surface area is 178 Å². The third-order valence-electron chi connectivity index (χ3n) is 5.25. The van der Waals surface area contributed by atoms with Gasteiger partial charge in [-0.15, -0.1) is 0 Å². The fourth-order valence-corrected chi connectivity index (χ4v) is 5.61. The zero-order valence-corrected chi connectivity index (χ0v) is 18.2. The highest BCUT2D eigenvalue weighted by molar-refractivity contribution is 7.98. The molecule has 0 atom stereocenters. The Morgan fingerprint density at radius 1 is 1.14 bits per heavy atom. The van der Waals surface area contributed by atoms with Crippen LogP contribution in [-0.4, -0.2) is 29.2 Å². The van der Waals surface area contributed by atoms with Gasteiger partial charge in [-0.25, -0.2) is 18.4 Å². The number of fused-ring (bicyclic) bond motifs is 1. The molecule has 3 aromatic rings. The van der Waals surface area contributed by atoms with Crippen molar-refractivity contribution in [2.24, 2.45) is 0 Å². The van der Waals surface area contributed by atoms with Gasteiger partial charge in [0.1, 0.15) is 10.5 Å². The quantitative estimate of drug-likeness (QED) is 0.430. The molecule has 0 N–H and O–H groups in total. The van der Waals surface area contributed by atoms with E-state index in [1.165, 1.54) is 42.1 Å². The minimum atomic E-state index is -4.01. The number of rotatable bonds is 4. The number of thioether (sulfide) groups is 1. The zero-order valence-electron chi connectivity index (χ0n) is 15.8. The number of nitrogens with zero attached hydrogens (tertiary/aromatic N) is 3. The fourth-order valence-electron chi connectivity index (χ4n) is 3.79. The molecule has 0 amide bonds. The Morgan fingerprint density at radius 3 is 2.48 bits per heavy atom. The largest absolute Gasteiger partial charge is 0.288 e. The molecule has 0 bridgehead atoms. The van der Waals surface area contributed by atoms with Crippen molar-refractivity contribution in [3.63, 3.8) is 0 Å². The predicted molar refractivity (Wildman–Crippen MR) is 115 cm³/mol. The summed E-state index contributed by atoms with van der Waals surface area (Å²) in [7, 11) is -4.01. The Morgan fingerprint density at radius 2 is 1.83 bits per heavy atom. The zero-order chi connectivity index (χ0) is 20.6. The predicted octanol–water partition coefficient (Wildman–Crippen LogP) is 4.50. The Hall–Kier alpha value is -1.90. The Kier molecular flexibility index (Phi) is 5.68. The first-order valence-electron chi connectivity index (χ1n) is 9.39. The van der Waals surface area contributed by atoms with Crippen LogP contribution >= 0.6 is 23.4 Å². The summed E-state index contributed by atoms with van der Waals surface area (Å²) in [5.74, 6) is 0. The number of halogens is 1. The van der Waals surface area contributed by atoms with E-state index in [0.29, 0.717) is 21.2 Å². The van der Waals surface area contributed by atoms with Crippen LogP contribution in [0.15, 0.2) is 56.3 Å². The van der Waals surface area contributed by atoms with E-state index < -0.39 is 15.4 Å². The molecule has 1 saturated carbocycles. The molecule has 2 aromatic heterocycles. The average Bonchev–Trinajstić information content (AvgIpc) is 2.73. The van der Waals surface area contributed by atoms with Crippen molar-refractivity contribution in [3.8, 4) is 0 Å². The molecule has 6 nitrogen and oxygen atoms in total. The average molecular weight is 450 g/mol. The molecule has 1 aromatic carbocycles. The molecule has 29 heavy (non-hydrogen) atoms. The summed E-state index contributed by atoms with van der Waals surface area (Å²) in [6.45, 7) is 0. The van der Waals surface area contributed by atoms with Crippen LogP contribution < -0.4 is 5.56 Å². The number of hydrogen-bond acceptors (Lipinski definition) is 6. The second-order valence-corrected chi connectivity index (χ2v) is 10.2. The minimum absolute atomic E-state index is 0.0372. The van der Waals surface area contributed by atoms with Gasteiger partial charge in [-0.3, -0.25) is 9.36 Å². The van der Waals surface area contributed by atoms with E-state index in [1.54, 1.807) is 10.8 Å². The van der Waals surface area contributed by atoms with E-state index in [9.17, 15) is 13.2 Å². The lowest BCUT2D eigenvalue weighted by Gasteiger charge is -2.25. The van der Waals surface area contributed by atoms with Gasteiger partial charge < -0.3 is 0 Å². The third-order valence-corrected chi connectivity index (χ3v) is 7.83. The van der Waals surface area contributed by atoms with Gasteiger partial charge in [-0.1, -0.05) is 42.6 Å². The van der Waals surface area contributed by atoms with E-state index >= 15 is 0 Å². The van der Waals surface area contributed by atoms with Gasteiger partial charge in [0.25, 0.3) is 5.56 Å². The maximum absolute atomic E-state index is 13.5. The molecular formula is C20H20ClN3O3S2. The van der Waals surface area contributed by atoms with Crippen molar-refractivity contribution >= 4 is 44.2 Å². The lowest BCUT2D eigenvalue weighted by Crippen LogP contribution is -2.31. The molecule has 2 heterocycles. The van der Waals surface area contributed by atoms with E-state index in [-0.39, 0.29) is 15.8 Å². The molecule has 4 rings (SSSR count). The van der Waals surface area contributed by atoms with E-state index in [0.717, 1.165) is 32.1 Å². The summed E-state index contributed by atoms with van der Waals surface area (Å²) >= 11 is 7.28. The van der Waals surface area contributed by atoms with Gasteiger partial charge in [0.15, 0.2) is 5.16 Å². The topological polar surface area (TPSA) is 81.9 Å². The number of sulfone groups is 1. The first-order chi connectivity index (χ1) is 13.9.